The fourth-order valence-corrected chi connectivity index (χ4v) is 1.75. The zero-order chi connectivity index (χ0) is 13.5. The number of guanidine groups is 1. The summed E-state index contributed by atoms with van der Waals surface area (Å²) in [5, 5.41) is 6.22. The van der Waals surface area contributed by atoms with Crippen LogP contribution in [0.5, 0.6) is 0 Å². The molecule has 0 heterocycles. The molecule has 0 fully saturated rings. The molecular weight excluding hydrogens is 365 g/mol. The van der Waals surface area contributed by atoms with Crippen LogP contribution < -0.4 is 10.6 Å². The van der Waals surface area contributed by atoms with Crippen LogP contribution in [0.15, 0.2) is 4.99 Å². The summed E-state index contributed by atoms with van der Waals surface area (Å²) < 4.78 is 22.6. The molecule has 0 bridgehead atoms. The highest BCUT2D eigenvalue weighted by Crippen LogP contribution is 1.98. The van der Waals surface area contributed by atoms with Gasteiger partial charge >= 0.3 is 0 Å². The molecule has 0 saturated heterocycles. The lowest BCUT2D eigenvalue weighted by Gasteiger charge is -2.20. The molecule has 0 rings (SSSR count). The Labute approximate surface area is 128 Å². The van der Waals surface area contributed by atoms with E-state index in [4.69, 9.17) is 0 Å². The standard InChI is InChI=1S/C11H25N3O2S.HI/c1-6-17(15,16)8-7-13-11(12-5)14-10(4)9(2)3;/h9-10H,6-8H2,1-5H3,(H2,12,13,14);1H. The highest BCUT2D eigenvalue weighted by molar-refractivity contribution is 14.0. The van der Waals surface area contributed by atoms with Crippen LogP contribution in [0.2, 0.25) is 0 Å². The van der Waals surface area contributed by atoms with E-state index in [-0.39, 0.29) is 35.5 Å². The lowest BCUT2D eigenvalue weighted by atomic mass is 10.1. The van der Waals surface area contributed by atoms with Crippen molar-refractivity contribution < 1.29 is 8.42 Å². The summed E-state index contributed by atoms with van der Waals surface area (Å²) in [7, 11) is -1.24. The Kier molecular flexibility index (Phi) is 11.1. The monoisotopic (exact) mass is 391 g/mol. The van der Waals surface area contributed by atoms with Crippen LogP contribution in [0.25, 0.3) is 0 Å². The minimum atomic E-state index is -2.91. The fourth-order valence-electron chi connectivity index (χ4n) is 1.05. The second kappa shape index (κ2) is 9.82. The highest BCUT2D eigenvalue weighted by Gasteiger charge is 2.10. The van der Waals surface area contributed by atoms with Gasteiger partial charge < -0.3 is 10.6 Å². The third-order valence-electron chi connectivity index (χ3n) is 2.73. The van der Waals surface area contributed by atoms with E-state index >= 15 is 0 Å². The summed E-state index contributed by atoms with van der Waals surface area (Å²) in [6.45, 7) is 8.35. The van der Waals surface area contributed by atoms with Crippen molar-refractivity contribution in [3.05, 3.63) is 0 Å². The molecule has 2 N–H and O–H groups in total. The molecule has 0 aliphatic heterocycles. The molecular formula is C11H26IN3O2S. The Bertz CT molecular complexity index is 342. The SMILES string of the molecule is CCS(=O)(=O)CCNC(=NC)NC(C)C(C)C.I. The van der Waals surface area contributed by atoms with Gasteiger partial charge in [-0.15, -0.1) is 24.0 Å². The summed E-state index contributed by atoms with van der Waals surface area (Å²) >= 11 is 0. The molecule has 18 heavy (non-hydrogen) atoms. The van der Waals surface area contributed by atoms with Crippen LogP contribution in [0.4, 0.5) is 0 Å². The number of hydrogen-bond donors (Lipinski definition) is 2. The molecule has 1 unspecified atom stereocenters. The van der Waals surface area contributed by atoms with Crippen molar-refractivity contribution in [3.8, 4) is 0 Å². The van der Waals surface area contributed by atoms with Crippen LogP contribution in [-0.4, -0.2) is 45.5 Å². The van der Waals surface area contributed by atoms with Crippen molar-refractivity contribution in [3.63, 3.8) is 0 Å². The van der Waals surface area contributed by atoms with Crippen molar-refractivity contribution in [2.24, 2.45) is 10.9 Å². The van der Waals surface area contributed by atoms with Crippen LogP contribution in [0, 0.1) is 5.92 Å². The van der Waals surface area contributed by atoms with E-state index in [9.17, 15) is 8.42 Å². The van der Waals surface area contributed by atoms with Gasteiger partial charge in [0.25, 0.3) is 0 Å². The van der Waals surface area contributed by atoms with Crippen LogP contribution in [-0.2, 0) is 9.84 Å². The molecule has 0 aromatic rings. The number of nitrogens with one attached hydrogen (secondary N) is 2. The molecule has 0 aliphatic carbocycles. The van der Waals surface area contributed by atoms with Gasteiger partial charge in [-0.3, -0.25) is 4.99 Å². The van der Waals surface area contributed by atoms with E-state index in [0.717, 1.165) is 0 Å². The maximum atomic E-state index is 11.3. The molecule has 1 atom stereocenters. The minimum absolute atomic E-state index is 0. The Morgan fingerprint density at radius 1 is 1.28 bits per heavy atom. The van der Waals surface area contributed by atoms with Crippen molar-refractivity contribution in [1.29, 1.82) is 0 Å². The van der Waals surface area contributed by atoms with Gasteiger partial charge in [-0.1, -0.05) is 20.8 Å². The Balaban J connectivity index is 0. The number of hydrogen-bond acceptors (Lipinski definition) is 3. The topological polar surface area (TPSA) is 70.6 Å². The Morgan fingerprint density at radius 3 is 2.22 bits per heavy atom. The van der Waals surface area contributed by atoms with Crippen LogP contribution >= 0.6 is 24.0 Å². The summed E-state index contributed by atoms with van der Waals surface area (Å²) in [5.41, 5.74) is 0. The van der Waals surface area contributed by atoms with Crippen molar-refractivity contribution in [2.75, 3.05) is 25.1 Å². The number of sulfone groups is 1. The minimum Gasteiger partial charge on any atom is -0.355 e. The first kappa shape index (κ1) is 20.3. The number of aliphatic imine (C=N–C) groups is 1. The smallest absolute Gasteiger partial charge is 0.191 e. The van der Waals surface area contributed by atoms with E-state index in [0.29, 0.717) is 24.5 Å². The molecule has 0 aliphatic rings. The molecule has 0 radical (unpaired) electrons. The van der Waals surface area contributed by atoms with Gasteiger partial charge in [0, 0.05) is 25.4 Å². The van der Waals surface area contributed by atoms with Crippen molar-refractivity contribution >= 4 is 39.8 Å². The first-order chi connectivity index (χ1) is 7.82. The van der Waals surface area contributed by atoms with Gasteiger partial charge in [-0.2, -0.15) is 0 Å². The molecule has 0 spiro atoms. The third kappa shape index (κ3) is 8.96. The lowest BCUT2D eigenvalue weighted by Crippen LogP contribution is -2.45. The van der Waals surface area contributed by atoms with E-state index in [1.165, 1.54) is 0 Å². The largest absolute Gasteiger partial charge is 0.355 e. The van der Waals surface area contributed by atoms with Gasteiger partial charge in [0.15, 0.2) is 15.8 Å². The van der Waals surface area contributed by atoms with Crippen molar-refractivity contribution in [2.45, 2.75) is 33.7 Å². The number of nitrogens with zero attached hydrogens (tertiary/aromatic N) is 1. The van der Waals surface area contributed by atoms with Gasteiger partial charge in [-0.05, 0) is 12.8 Å². The van der Waals surface area contributed by atoms with Crippen LogP contribution in [0.3, 0.4) is 0 Å². The first-order valence-corrected chi connectivity index (χ1v) is 7.82. The average molecular weight is 391 g/mol. The predicted octanol–water partition coefficient (Wildman–Crippen LogP) is 1.25. The molecule has 5 nitrogen and oxygen atoms in total. The number of rotatable bonds is 6. The maximum Gasteiger partial charge on any atom is 0.191 e. The molecule has 0 aromatic heterocycles. The van der Waals surface area contributed by atoms with E-state index in [1.54, 1.807) is 14.0 Å². The van der Waals surface area contributed by atoms with Gasteiger partial charge in [0.05, 0.1) is 5.75 Å². The highest BCUT2D eigenvalue weighted by atomic mass is 127. The second-order valence-electron chi connectivity index (χ2n) is 4.41. The summed E-state index contributed by atoms with van der Waals surface area (Å²) in [5.74, 6) is 1.47. The molecule has 7 heteroatoms. The van der Waals surface area contributed by atoms with Crippen LogP contribution in [0.1, 0.15) is 27.7 Å². The Hall–Kier alpha value is -0.0500. The molecule has 0 amide bonds. The maximum absolute atomic E-state index is 11.3. The molecule has 0 saturated carbocycles. The van der Waals surface area contributed by atoms with E-state index in [2.05, 4.69) is 36.4 Å². The molecule has 0 aromatic carbocycles. The van der Waals surface area contributed by atoms with E-state index < -0.39 is 9.84 Å². The normalized spacial score (nSPS) is 14.0. The zero-order valence-corrected chi connectivity index (χ0v) is 15.0. The average Bonchev–Trinajstić information content (AvgIpc) is 2.27. The van der Waals surface area contributed by atoms with Gasteiger partial charge in [0.2, 0.25) is 0 Å². The number of halogens is 1. The van der Waals surface area contributed by atoms with E-state index in [1.807, 2.05) is 0 Å². The third-order valence-corrected chi connectivity index (χ3v) is 4.44. The summed E-state index contributed by atoms with van der Waals surface area (Å²) in [6, 6.07) is 0.295. The van der Waals surface area contributed by atoms with Crippen molar-refractivity contribution in [1.82, 2.24) is 10.6 Å². The summed E-state index contributed by atoms with van der Waals surface area (Å²) in [6.07, 6.45) is 0. The Morgan fingerprint density at radius 2 is 1.83 bits per heavy atom. The fraction of sp³-hybridized carbons (Fsp3) is 0.909. The lowest BCUT2D eigenvalue weighted by molar-refractivity contribution is 0.481. The quantitative estimate of drug-likeness (QED) is 0.406. The predicted molar refractivity (Wildman–Crippen MR) is 88.5 cm³/mol. The van der Waals surface area contributed by atoms with Gasteiger partial charge in [0.1, 0.15) is 0 Å². The zero-order valence-electron chi connectivity index (χ0n) is 11.9. The van der Waals surface area contributed by atoms with Gasteiger partial charge in [-0.25, -0.2) is 8.42 Å². The first-order valence-electron chi connectivity index (χ1n) is 6.00. The second-order valence-corrected chi connectivity index (χ2v) is 6.89. The summed E-state index contributed by atoms with van der Waals surface area (Å²) in [4.78, 5) is 4.06. The molecule has 110 valence electrons.